The number of hydrogen-bond acceptors (Lipinski definition) is 6. The molecule has 1 heterocycles. The van der Waals surface area contributed by atoms with Gasteiger partial charge in [0.25, 0.3) is 0 Å². The predicted octanol–water partition coefficient (Wildman–Crippen LogP) is 9.31. The Balaban J connectivity index is 1.59. The van der Waals surface area contributed by atoms with E-state index in [0.29, 0.717) is 23.3 Å². The Morgan fingerprint density at radius 3 is 2.04 bits per heavy atom. The van der Waals surface area contributed by atoms with Crippen LogP contribution in [0.25, 0.3) is 16.7 Å². The third-order valence-electron chi connectivity index (χ3n) is 9.05. The molecule has 16 heteroatoms. The molecule has 0 aromatic heterocycles. The van der Waals surface area contributed by atoms with E-state index in [0.717, 1.165) is 23.1 Å². The first-order valence-corrected chi connectivity index (χ1v) is 15.5. The van der Waals surface area contributed by atoms with E-state index < -0.39 is 77.0 Å². The van der Waals surface area contributed by atoms with Gasteiger partial charge in [-0.1, -0.05) is 18.2 Å². The Bertz CT molecular complexity index is 1930. The summed E-state index contributed by atoms with van der Waals surface area (Å²) in [6.45, 7) is 2.21. The minimum absolute atomic E-state index is 0.0566. The largest absolute Gasteiger partial charge is 0.496 e. The van der Waals surface area contributed by atoms with Crippen molar-refractivity contribution in [3.63, 3.8) is 0 Å². The molecule has 52 heavy (non-hydrogen) atoms. The van der Waals surface area contributed by atoms with Crippen molar-refractivity contribution in [2.45, 2.75) is 57.5 Å². The van der Waals surface area contributed by atoms with Crippen LogP contribution in [-0.4, -0.2) is 37.2 Å². The van der Waals surface area contributed by atoms with Crippen LogP contribution in [0.5, 0.6) is 5.75 Å². The number of methoxy groups -OCH3 is 2. The smallest absolute Gasteiger partial charge is 0.416 e. The van der Waals surface area contributed by atoms with Gasteiger partial charge in [0.15, 0.2) is 0 Å². The van der Waals surface area contributed by atoms with Gasteiger partial charge in [-0.05, 0) is 85.5 Å². The van der Waals surface area contributed by atoms with E-state index >= 15 is 0 Å². The van der Waals surface area contributed by atoms with Crippen molar-refractivity contribution in [2.75, 3.05) is 14.2 Å². The molecule has 0 spiro atoms. The van der Waals surface area contributed by atoms with Crippen LogP contribution >= 0.6 is 0 Å². The van der Waals surface area contributed by atoms with Crippen LogP contribution in [0.15, 0.2) is 72.4 Å². The SMILES string of the molecule is COC(=O)C1(C)C=C(N)C(c2ccc(OC)c(-c3ccc(C(F)(F)F)cc3C3OC(=O)N(Cc4cc(C(F)(F)F)cc(C(F)(F)F)c4)[C@@H]3C)c2)=CC1. The molecule has 0 bridgehead atoms. The Morgan fingerprint density at radius 1 is 0.885 bits per heavy atom. The number of carbonyl (C=O) groups excluding carboxylic acids is 2. The van der Waals surface area contributed by atoms with Crippen LogP contribution in [0.4, 0.5) is 44.3 Å². The normalized spacial score (nSPS) is 21.0. The quantitative estimate of drug-likeness (QED) is 0.192. The van der Waals surface area contributed by atoms with E-state index in [1.165, 1.54) is 33.3 Å². The lowest BCUT2D eigenvalue weighted by Gasteiger charge is -2.28. The summed E-state index contributed by atoms with van der Waals surface area (Å²) in [4.78, 5) is 26.4. The summed E-state index contributed by atoms with van der Waals surface area (Å²) in [6.07, 6.45) is -14.3. The van der Waals surface area contributed by atoms with Crippen LogP contribution in [0.2, 0.25) is 0 Å². The van der Waals surface area contributed by atoms with E-state index in [1.807, 2.05) is 0 Å². The van der Waals surface area contributed by atoms with Gasteiger partial charge in [0.1, 0.15) is 11.9 Å². The molecule has 278 valence electrons. The number of halogens is 9. The summed E-state index contributed by atoms with van der Waals surface area (Å²) in [5.74, 6) is -0.320. The van der Waals surface area contributed by atoms with Crippen molar-refractivity contribution in [2.24, 2.45) is 11.1 Å². The maximum atomic E-state index is 14.0. The van der Waals surface area contributed by atoms with Crippen LogP contribution in [-0.2, 0) is 39.3 Å². The van der Waals surface area contributed by atoms with E-state index in [-0.39, 0.29) is 40.6 Å². The molecule has 3 atom stereocenters. The molecule has 2 unspecified atom stereocenters. The lowest BCUT2D eigenvalue weighted by atomic mass is 9.79. The molecule has 0 radical (unpaired) electrons. The van der Waals surface area contributed by atoms with Crippen molar-refractivity contribution in [1.82, 2.24) is 4.90 Å². The lowest BCUT2D eigenvalue weighted by Crippen LogP contribution is -2.31. The van der Waals surface area contributed by atoms with Crippen LogP contribution < -0.4 is 10.5 Å². The van der Waals surface area contributed by atoms with Gasteiger partial charge in [-0.2, -0.15) is 39.5 Å². The van der Waals surface area contributed by atoms with Gasteiger partial charge in [-0.25, -0.2) is 4.79 Å². The second kappa shape index (κ2) is 13.4. The average Bonchev–Trinajstić information content (AvgIpc) is 3.34. The fourth-order valence-electron chi connectivity index (χ4n) is 6.32. The van der Waals surface area contributed by atoms with E-state index in [2.05, 4.69) is 0 Å². The van der Waals surface area contributed by atoms with Crippen molar-refractivity contribution in [3.05, 3.63) is 106 Å². The van der Waals surface area contributed by atoms with E-state index in [4.69, 9.17) is 19.9 Å². The van der Waals surface area contributed by atoms with Gasteiger partial charge in [0.2, 0.25) is 0 Å². The summed E-state index contributed by atoms with van der Waals surface area (Å²) < 4.78 is 139. The summed E-state index contributed by atoms with van der Waals surface area (Å²) in [5, 5.41) is 0. The number of hydrogen-bond donors (Lipinski definition) is 1. The Labute approximate surface area is 291 Å². The molecule has 3 aromatic carbocycles. The Kier molecular flexibility index (Phi) is 9.84. The van der Waals surface area contributed by atoms with Crippen LogP contribution in [0.1, 0.15) is 59.8 Å². The standard InChI is InChI=1S/C36H31F9N2O5/c1-18-30(52-32(49)47(18)17-19-11-22(35(40,41)42)14-23(12-19)36(43,44)45)27-15-21(34(37,38)39)6-7-25(27)26-13-20(5-8-29(26)50-3)24-9-10-33(2,16-28(24)46)31(48)51-4/h5-9,11-16,18,30H,10,17,46H2,1-4H3/t18-,30?,33?/m1/s1. The van der Waals surface area contributed by atoms with Gasteiger partial charge in [-0.15, -0.1) is 0 Å². The van der Waals surface area contributed by atoms with Gasteiger partial charge in [-0.3, -0.25) is 9.69 Å². The van der Waals surface area contributed by atoms with Crippen molar-refractivity contribution >= 4 is 17.6 Å². The number of nitrogens with two attached hydrogens (primary N) is 1. The number of benzene rings is 3. The molecular formula is C36H31F9N2O5. The number of cyclic esters (lactones) is 1. The first-order chi connectivity index (χ1) is 24.1. The monoisotopic (exact) mass is 742 g/mol. The fraction of sp³-hybridized carbons (Fsp3) is 0.333. The minimum Gasteiger partial charge on any atom is -0.496 e. The van der Waals surface area contributed by atoms with Gasteiger partial charge >= 0.3 is 30.6 Å². The molecule has 1 aliphatic carbocycles. The second-order valence-electron chi connectivity index (χ2n) is 12.6. The number of esters is 1. The zero-order valence-corrected chi connectivity index (χ0v) is 27.9. The minimum atomic E-state index is -5.15. The zero-order chi connectivity index (χ0) is 38.6. The summed E-state index contributed by atoms with van der Waals surface area (Å²) >= 11 is 0. The van der Waals surface area contributed by atoms with E-state index in [1.54, 1.807) is 25.1 Å². The third-order valence-corrected chi connectivity index (χ3v) is 9.05. The molecule has 3 aromatic rings. The molecule has 1 aliphatic heterocycles. The fourth-order valence-corrected chi connectivity index (χ4v) is 6.32. The zero-order valence-electron chi connectivity index (χ0n) is 27.9. The molecule has 1 saturated heterocycles. The van der Waals surface area contributed by atoms with E-state index in [9.17, 15) is 49.1 Å². The Hall–Kier alpha value is -5.15. The highest BCUT2D eigenvalue weighted by Gasteiger charge is 2.44. The first-order valence-electron chi connectivity index (χ1n) is 15.5. The second-order valence-corrected chi connectivity index (χ2v) is 12.6. The highest BCUT2D eigenvalue weighted by atomic mass is 19.4. The number of ether oxygens (including phenoxy) is 3. The van der Waals surface area contributed by atoms with Gasteiger partial charge in [0, 0.05) is 28.9 Å². The molecule has 5 rings (SSSR count). The molecule has 0 saturated carbocycles. The predicted molar refractivity (Wildman–Crippen MR) is 169 cm³/mol. The lowest BCUT2D eigenvalue weighted by molar-refractivity contribution is -0.149. The number of allylic oxidation sites excluding steroid dienone is 2. The summed E-state index contributed by atoms with van der Waals surface area (Å²) in [6, 6.07) is 7.17. The number of rotatable bonds is 7. The van der Waals surface area contributed by atoms with Gasteiger partial charge in [0.05, 0.1) is 42.4 Å². The van der Waals surface area contributed by atoms with Crippen molar-refractivity contribution in [1.29, 1.82) is 0 Å². The molecule has 1 fully saturated rings. The van der Waals surface area contributed by atoms with Gasteiger partial charge < -0.3 is 19.9 Å². The number of nitrogens with zero attached hydrogens (tertiary/aromatic N) is 1. The number of amides is 1. The maximum Gasteiger partial charge on any atom is 0.416 e. The average molecular weight is 743 g/mol. The topological polar surface area (TPSA) is 91.1 Å². The highest BCUT2D eigenvalue weighted by Crippen LogP contribution is 2.46. The molecule has 2 aliphatic rings. The first kappa shape index (κ1) is 38.1. The highest BCUT2D eigenvalue weighted by molar-refractivity contribution is 5.88. The summed E-state index contributed by atoms with van der Waals surface area (Å²) in [5.41, 5.74) is 1.90. The maximum absolute atomic E-state index is 14.0. The molecule has 7 nitrogen and oxygen atoms in total. The van der Waals surface area contributed by atoms with Crippen molar-refractivity contribution in [3.8, 4) is 16.9 Å². The molecular weight excluding hydrogens is 711 g/mol. The van der Waals surface area contributed by atoms with Crippen molar-refractivity contribution < 1.29 is 63.3 Å². The van der Waals surface area contributed by atoms with Crippen LogP contribution in [0.3, 0.4) is 0 Å². The number of alkyl halides is 9. The van der Waals surface area contributed by atoms with Crippen LogP contribution in [0, 0.1) is 5.41 Å². The summed E-state index contributed by atoms with van der Waals surface area (Å²) in [7, 11) is 2.56. The third kappa shape index (κ3) is 7.41. The molecule has 2 N–H and O–H groups in total. The Morgan fingerprint density at radius 2 is 1.50 bits per heavy atom. The number of carbonyl (C=O) groups is 2. The molecule has 1 amide bonds.